The molecule has 6 heteroatoms. The Bertz CT molecular complexity index is 1070. The van der Waals surface area contributed by atoms with Gasteiger partial charge in [-0.1, -0.05) is 56.6 Å². The van der Waals surface area contributed by atoms with E-state index in [4.69, 9.17) is 30.5 Å². The first-order valence-electron chi connectivity index (χ1n) is 11.7. The van der Waals surface area contributed by atoms with Gasteiger partial charge in [0.05, 0.1) is 6.61 Å². The Kier molecular flexibility index (Phi) is 9.05. The van der Waals surface area contributed by atoms with Crippen LogP contribution < -0.4 is 14.2 Å². The number of hydrogen-bond donors (Lipinski definition) is 0. The predicted octanol–water partition coefficient (Wildman–Crippen LogP) is 7.17. The van der Waals surface area contributed by atoms with Crippen LogP contribution >= 0.6 is 11.6 Å². The summed E-state index contributed by atoms with van der Waals surface area (Å²) in [5.74, 6) is 1.55. The molecule has 0 aromatic heterocycles. The fourth-order valence-corrected chi connectivity index (χ4v) is 3.50. The van der Waals surface area contributed by atoms with E-state index in [0.717, 1.165) is 5.75 Å². The van der Waals surface area contributed by atoms with Crippen LogP contribution in [0.25, 0.3) is 0 Å². The zero-order valence-electron chi connectivity index (χ0n) is 20.9. The molecule has 3 aromatic rings. The Hall–Kier alpha value is -3.18. The van der Waals surface area contributed by atoms with Crippen LogP contribution in [0.4, 0.5) is 0 Å². The number of carbonyl (C=O) groups is 1. The maximum atomic E-state index is 12.7. The van der Waals surface area contributed by atoms with Crippen molar-refractivity contribution in [3.63, 3.8) is 0 Å². The van der Waals surface area contributed by atoms with Gasteiger partial charge in [0.1, 0.15) is 30.0 Å². The van der Waals surface area contributed by atoms with Crippen LogP contribution in [0.1, 0.15) is 51.8 Å². The Labute approximate surface area is 212 Å². The second-order valence-electron chi connectivity index (χ2n) is 9.29. The van der Waals surface area contributed by atoms with Gasteiger partial charge in [-0.2, -0.15) is 0 Å². The van der Waals surface area contributed by atoms with E-state index in [9.17, 15) is 4.79 Å². The lowest BCUT2D eigenvalue weighted by atomic mass is 9.87. The Morgan fingerprint density at radius 2 is 1.37 bits per heavy atom. The van der Waals surface area contributed by atoms with Crippen LogP contribution in [0.3, 0.4) is 0 Å². The number of ether oxygens (including phenoxy) is 4. The first-order valence-corrected chi connectivity index (χ1v) is 12.1. The first-order chi connectivity index (χ1) is 16.7. The van der Waals surface area contributed by atoms with Gasteiger partial charge in [0.25, 0.3) is 0 Å². The highest BCUT2D eigenvalue weighted by Crippen LogP contribution is 2.28. The van der Waals surface area contributed by atoms with E-state index in [1.54, 1.807) is 19.1 Å². The summed E-state index contributed by atoms with van der Waals surface area (Å²) >= 11 is 5.91. The quantitative estimate of drug-likeness (QED) is 0.278. The lowest BCUT2D eigenvalue weighted by Gasteiger charge is -2.21. The summed E-state index contributed by atoms with van der Waals surface area (Å²) in [6.07, 6.45) is -1.04. The summed E-state index contributed by atoms with van der Waals surface area (Å²) in [5.41, 5.74) is 1.90. The number of carbonyl (C=O) groups excluding carboxylic acids is 1. The normalized spacial score (nSPS) is 13.0. The average Bonchev–Trinajstić information content (AvgIpc) is 2.83. The van der Waals surface area contributed by atoms with Gasteiger partial charge >= 0.3 is 5.97 Å². The van der Waals surface area contributed by atoms with Crippen molar-refractivity contribution >= 4 is 17.6 Å². The Balaban J connectivity index is 1.64. The molecule has 0 heterocycles. The fraction of sp³-hybridized carbons (Fsp3) is 0.345. The van der Waals surface area contributed by atoms with Crippen molar-refractivity contribution in [2.45, 2.75) is 52.2 Å². The topological polar surface area (TPSA) is 54.0 Å². The number of benzene rings is 3. The molecule has 0 radical (unpaired) electrons. The standard InChI is InChI=1S/C29H33ClO5/c1-6-32-28(31)27(35-26-15-9-22(10-16-26)29(3,4)5)21-7-13-24(14-8-21)33-19-20(2)34-25-17-11-23(30)12-18-25/h7-18,20,27H,6,19H2,1-5H3. The highest BCUT2D eigenvalue weighted by Gasteiger charge is 2.25. The van der Waals surface area contributed by atoms with E-state index in [1.807, 2.05) is 67.6 Å². The minimum Gasteiger partial charge on any atom is -0.490 e. The van der Waals surface area contributed by atoms with E-state index >= 15 is 0 Å². The van der Waals surface area contributed by atoms with E-state index < -0.39 is 12.1 Å². The molecular formula is C29H33ClO5. The maximum Gasteiger partial charge on any atom is 0.352 e. The molecule has 0 saturated carbocycles. The molecule has 0 amide bonds. The molecule has 3 rings (SSSR count). The van der Waals surface area contributed by atoms with Crippen LogP contribution in [-0.2, 0) is 14.9 Å². The molecule has 0 aliphatic rings. The summed E-state index contributed by atoms with van der Waals surface area (Å²) in [6.45, 7) is 10.8. The number of halogens is 1. The van der Waals surface area contributed by atoms with Crippen LogP contribution in [0.2, 0.25) is 5.02 Å². The molecular weight excluding hydrogens is 464 g/mol. The van der Waals surface area contributed by atoms with Gasteiger partial charge < -0.3 is 18.9 Å². The average molecular weight is 497 g/mol. The molecule has 0 saturated heterocycles. The molecule has 0 fully saturated rings. The lowest BCUT2D eigenvalue weighted by Crippen LogP contribution is -2.22. The highest BCUT2D eigenvalue weighted by atomic mass is 35.5. The summed E-state index contributed by atoms with van der Waals surface area (Å²) in [4.78, 5) is 12.7. The highest BCUT2D eigenvalue weighted by molar-refractivity contribution is 6.30. The SMILES string of the molecule is CCOC(=O)C(Oc1ccc(C(C)(C)C)cc1)c1ccc(OCC(C)Oc2ccc(Cl)cc2)cc1. The summed E-state index contributed by atoms with van der Waals surface area (Å²) in [7, 11) is 0. The fourth-order valence-electron chi connectivity index (χ4n) is 3.37. The van der Waals surface area contributed by atoms with Crippen LogP contribution in [0.5, 0.6) is 17.2 Å². The van der Waals surface area contributed by atoms with Gasteiger partial charge in [0, 0.05) is 10.6 Å². The molecule has 0 spiro atoms. The van der Waals surface area contributed by atoms with Crippen molar-refractivity contribution in [3.8, 4) is 17.2 Å². The third-order valence-corrected chi connectivity index (χ3v) is 5.55. The van der Waals surface area contributed by atoms with Gasteiger partial charge in [0.15, 0.2) is 0 Å². The Morgan fingerprint density at radius 3 is 1.94 bits per heavy atom. The van der Waals surface area contributed by atoms with Crippen molar-refractivity contribution in [3.05, 3.63) is 88.9 Å². The molecule has 35 heavy (non-hydrogen) atoms. The third-order valence-electron chi connectivity index (χ3n) is 5.29. The monoisotopic (exact) mass is 496 g/mol. The second-order valence-corrected chi connectivity index (χ2v) is 9.72. The molecule has 0 aliphatic heterocycles. The van der Waals surface area contributed by atoms with Crippen molar-refractivity contribution < 1.29 is 23.7 Å². The third kappa shape index (κ3) is 7.93. The van der Waals surface area contributed by atoms with Crippen molar-refractivity contribution in [1.82, 2.24) is 0 Å². The number of hydrogen-bond acceptors (Lipinski definition) is 5. The minimum absolute atomic E-state index is 0.0340. The molecule has 2 atom stereocenters. The minimum atomic E-state index is -0.878. The van der Waals surface area contributed by atoms with Crippen LogP contribution in [-0.4, -0.2) is 25.3 Å². The van der Waals surface area contributed by atoms with Gasteiger partial charge in [-0.15, -0.1) is 0 Å². The van der Waals surface area contributed by atoms with E-state index in [-0.39, 0.29) is 18.1 Å². The van der Waals surface area contributed by atoms with E-state index in [1.165, 1.54) is 5.56 Å². The zero-order chi connectivity index (χ0) is 25.4. The molecule has 0 bridgehead atoms. The number of esters is 1. The first kappa shape index (κ1) is 26.4. The predicted molar refractivity (Wildman–Crippen MR) is 139 cm³/mol. The lowest BCUT2D eigenvalue weighted by molar-refractivity contribution is -0.151. The molecule has 0 aliphatic carbocycles. The van der Waals surface area contributed by atoms with Crippen molar-refractivity contribution in [2.75, 3.05) is 13.2 Å². The second kappa shape index (κ2) is 12.0. The van der Waals surface area contributed by atoms with Gasteiger partial charge in [-0.3, -0.25) is 0 Å². The molecule has 3 aromatic carbocycles. The summed E-state index contributed by atoms with van der Waals surface area (Å²) < 4.78 is 23.0. The van der Waals surface area contributed by atoms with Crippen molar-refractivity contribution in [2.24, 2.45) is 0 Å². The summed E-state index contributed by atoms with van der Waals surface area (Å²) in [5, 5.41) is 0.661. The number of rotatable bonds is 10. The van der Waals surface area contributed by atoms with Crippen LogP contribution in [0.15, 0.2) is 72.8 Å². The van der Waals surface area contributed by atoms with Gasteiger partial charge in [-0.25, -0.2) is 4.79 Å². The van der Waals surface area contributed by atoms with Crippen LogP contribution in [0, 0.1) is 0 Å². The largest absolute Gasteiger partial charge is 0.490 e. The smallest absolute Gasteiger partial charge is 0.352 e. The molecule has 186 valence electrons. The van der Waals surface area contributed by atoms with E-state index in [0.29, 0.717) is 28.7 Å². The zero-order valence-corrected chi connectivity index (χ0v) is 21.7. The Morgan fingerprint density at radius 1 is 0.829 bits per heavy atom. The molecule has 0 N–H and O–H groups in total. The van der Waals surface area contributed by atoms with Gasteiger partial charge in [0.2, 0.25) is 6.10 Å². The maximum absolute atomic E-state index is 12.7. The molecule has 2 unspecified atom stereocenters. The van der Waals surface area contributed by atoms with E-state index in [2.05, 4.69) is 20.8 Å². The van der Waals surface area contributed by atoms with Gasteiger partial charge in [-0.05, 0) is 73.4 Å². The summed E-state index contributed by atoms with van der Waals surface area (Å²) in [6, 6.07) is 22.2. The van der Waals surface area contributed by atoms with Crippen molar-refractivity contribution in [1.29, 1.82) is 0 Å². The molecule has 5 nitrogen and oxygen atoms in total.